The van der Waals surface area contributed by atoms with Gasteiger partial charge in [0.25, 0.3) is 5.69 Å². The first-order valence-corrected chi connectivity index (χ1v) is 8.99. The number of hydrogen-bond acceptors (Lipinski definition) is 5. The van der Waals surface area contributed by atoms with Crippen molar-refractivity contribution in [3.05, 3.63) is 99.4 Å². The molecule has 1 heterocycles. The highest BCUT2D eigenvalue weighted by molar-refractivity contribution is 7.99. The number of rotatable bonds is 4. The first-order valence-electron chi connectivity index (χ1n) is 8.17. The van der Waals surface area contributed by atoms with E-state index >= 15 is 0 Å². The smallest absolute Gasteiger partial charge is 0.344 e. The van der Waals surface area contributed by atoms with E-state index in [2.05, 4.69) is 0 Å². The molecular formula is C21H13NO4S. The van der Waals surface area contributed by atoms with Crippen LogP contribution in [0.3, 0.4) is 0 Å². The van der Waals surface area contributed by atoms with Gasteiger partial charge in [0.05, 0.1) is 15.2 Å². The molecule has 0 N–H and O–H groups in total. The number of non-ortho nitro benzene ring substituents is 1. The molecule has 0 fully saturated rings. The van der Waals surface area contributed by atoms with Crippen molar-refractivity contribution in [1.82, 2.24) is 0 Å². The second-order valence-corrected chi connectivity index (χ2v) is 6.90. The highest BCUT2D eigenvalue weighted by atomic mass is 32.2. The third-order valence-corrected chi connectivity index (χ3v) is 5.21. The van der Waals surface area contributed by atoms with E-state index in [9.17, 15) is 14.9 Å². The van der Waals surface area contributed by atoms with Crippen molar-refractivity contribution in [1.29, 1.82) is 0 Å². The maximum absolute atomic E-state index is 12.4. The van der Waals surface area contributed by atoms with Crippen molar-refractivity contribution in [2.45, 2.75) is 9.79 Å². The van der Waals surface area contributed by atoms with E-state index < -0.39 is 10.5 Å². The molecule has 27 heavy (non-hydrogen) atoms. The third-order valence-electron chi connectivity index (χ3n) is 4.10. The molecular weight excluding hydrogens is 362 g/mol. The van der Waals surface area contributed by atoms with Crippen LogP contribution in [0.4, 0.5) is 5.69 Å². The minimum Gasteiger partial charge on any atom is -0.421 e. The Balaban J connectivity index is 1.90. The van der Waals surface area contributed by atoms with Crippen molar-refractivity contribution < 1.29 is 9.34 Å². The van der Waals surface area contributed by atoms with E-state index in [0.29, 0.717) is 11.1 Å². The van der Waals surface area contributed by atoms with Gasteiger partial charge in [-0.15, -0.1) is 0 Å². The summed E-state index contributed by atoms with van der Waals surface area (Å²) in [7, 11) is 0. The van der Waals surface area contributed by atoms with Gasteiger partial charge in [-0.25, -0.2) is 4.79 Å². The number of nitro groups is 1. The minimum absolute atomic E-state index is 0.0343. The van der Waals surface area contributed by atoms with Gasteiger partial charge in [-0.3, -0.25) is 10.1 Å². The topological polar surface area (TPSA) is 73.3 Å². The van der Waals surface area contributed by atoms with Crippen molar-refractivity contribution >= 4 is 28.2 Å². The summed E-state index contributed by atoms with van der Waals surface area (Å²) < 4.78 is 5.66. The summed E-state index contributed by atoms with van der Waals surface area (Å²) >= 11 is 1.41. The molecule has 0 atom stereocenters. The maximum Gasteiger partial charge on any atom is 0.344 e. The zero-order valence-electron chi connectivity index (χ0n) is 14.0. The second-order valence-electron chi connectivity index (χ2n) is 5.81. The standard InChI is InChI=1S/C21H13NO4S/c23-21-18-9-5-4-8-17(18)20(19(26-21)14-6-2-1-3-7-14)27-16-12-10-15(11-13-16)22(24)25/h1-13H. The van der Waals surface area contributed by atoms with Gasteiger partial charge in [0.2, 0.25) is 0 Å². The van der Waals surface area contributed by atoms with Gasteiger partial charge >= 0.3 is 5.63 Å². The SMILES string of the molecule is O=c1oc(-c2ccccc2)c(Sc2ccc([N+](=O)[O-])cc2)c2ccccc12. The monoisotopic (exact) mass is 375 g/mol. The fraction of sp³-hybridized carbons (Fsp3) is 0. The highest BCUT2D eigenvalue weighted by Crippen LogP contribution is 2.40. The molecule has 0 unspecified atom stereocenters. The summed E-state index contributed by atoms with van der Waals surface area (Å²) in [4.78, 5) is 24.5. The lowest BCUT2D eigenvalue weighted by Crippen LogP contribution is -2.02. The molecule has 0 amide bonds. The Morgan fingerprint density at radius 2 is 1.44 bits per heavy atom. The Bertz CT molecular complexity index is 1180. The van der Waals surface area contributed by atoms with E-state index in [1.54, 1.807) is 24.3 Å². The normalized spacial score (nSPS) is 10.8. The lowest BCUT2D eigenvalue weighted by molar-refractivity contribution is -0.384. The van der Waals surface area contributed by atoms with Crippen molar-refractivity contribution in [2.75, 3.05) is 0 Å². The molecule has 1 aromatic heterocycles. The summed E-state index contributed by atoms with van der Waals surface area (Å²) in [5, 5.41) is 12.2. The highest BCUT2D eigenvalue weighted by Gasteiger charge is 2.17. The van der Waals surface area contributed by atoms with E-state index in [0.717, 1.165) is 20.7 Å². The number of hydrogen-bond donors (Lipinski definition) is 0. The molecule has 0 aliphatic carbocycles. The Morgan fingerprint density at radius 3 is 2.11 bits per heavy atom. The molecule has 132 valence electrons. The van der Waals surface area contributed by atoms with Crippen LogP contribution in [0.2, 0.25) is 0 Å². The minimum atomic E-state index is -0.430. The third kappa shape index (κ3) is 3.35. The lowest BCUT2D eigenvalue weighted by atomic mass is 10.1. The van der Waals surface area contributed by atoms with Gasteiger partial charge in [-0.1, -0.05) is 60.3 Å². The van der Waals surface area contributed by atoms with E-state index in [4.69, 9.17) is 4.42 Å². The number of benzene rings is 3. The first-order chi connectivity index (χ1) is 13.1. The average Bonchev–Trinajstić information content (AvgIpc) is 2.71. The largest absolute Gasteiger partial charge is 0.421 e. The van der Waals surface area contributed by atoms with E-state index in [1.165, 1.54) is 23.9 Å². The van der Waals surface area contributed by atoms with Crippen LogP contribution in [0, 0.1) is 10.1 Å². The molecule has 4 aromatic rings. The zero-order chi connectivity index (χ0) is 18.8. The lowest BCUT2D eigenvalue weighted by Gasteiger charge is -2.11. The van der Waals surface area contributed by atoms with Crippen LogP contribution in [0.15, 0.2) is 97.9 Å². The fourth-order valence-corrected chi connectivity index (χ4v) is 3.86. The van der Waals surface area contributed by atoms with Gasteiger partial charge in [-0.2, -0.15) is 0 Å². The molecule has 0 aliphatic rings. The molecule has 0 radical (unpaired) electrons. The Morgan fingerprint density at radius 1 is 0.815 bits per heavy atom. The molecule has 6 heteroatoms. The van der Waals surface area contributed by atoms with Crippen molar-refractivity contribution in [3.63, 3.8) is 0 Å². The molecule has 0 spiro atoms. The summed E-state index contributed by atoms with van der Waals surface area (Å²) in [5.41, 5.74) is 0.439. The molecule has 0 bridgehead atoms. The average molecular weight is 375 g/mol. The van der Waals surface area contributed by atoms with Crippen molar-refractivity contribution in [3.8, 4) is 11.3 Å². The summed E-state index contributed by atoms with van der Waals surface area (Å²) in [6, 6.07) is 23.0. The number of fused-ring (bicyclic) bond motifs is 1. The predicted molar refractivity (Wildman–Crippen MR) is 105 cm³/mol. The van der Waals surface area contributed by atoms with Gasteiger partial charge in [0.1, 0.15) is 0 Å². The van der Waals surface area contributed by atoms with Crippen LogP contribution < -0.4 is 5.63 Å². The first kappa shape index (κ1) is 17.1. The van der Waals surface area contributed by atoms with Crippen LogP contribution in [0.1, 0.15) is 0 Å². The van der Waals surface area contributed by atoms with Gasteiger partial charge in [0.15, 0.2) is 5.76 Å². The molecule has 0 saturated carbocycles. The molecule has 3 aromatic carbocycles. The molecule has 0 saturated heterocycles. The van der Waals surface area contributed by atoms with Crippen LogP contribution in [0.25, 0.3) is 22.1 Å². The summed E-state index contributed by atoms with van der Waals surface area (Å²) in [6.07, 6.45) is 0. The van der Waals surface area contributed by atoms with Crippen LogP contribution in [-0.2, 0) is 0 Å². The predicted octanol–water partition coefficient (Wildman–Crippen LogP) is 5.52. The zero-order valence-corrected chi connectivity index (χ0v) is 14.8. The van der Waals surface area contributed by atoms with E-state index in [1.807, 2.05) is 42.5 Å². The van der Waals surface area contributed by atoms with Crippen molar-refractivity contribution in [2.24, 2.45) is 0 Å². The Kier molecular flexibility index (Phi) is 4.48. The second kappa shape index (κ2) is 7.09. The molecule has 0 aliphatic heterocycles. The van der Waals surface area contributed by atoms with Crippen LogP contribution in [-0.4, -0.2) is 4.92 Å². The molecule has 5 nitrogen and oxygen atoms in total. The van der Waals surface area contributed by atoms with Gasteiger partial charge in [0, 0.05) is 28.0 Å². The quantitative estimate of drug-likeness (QED) is 0.347. The van der Waals surface area contributed by atoms with Crippen LogP contribution in [0.5, 0.6) is 0 Å². The van der Waals surface area contributed by atoms with E-state index in [-0.39, 0.29) is 5.69 Å². The maximum atomic E-state index is 12.4. The van der Waals surface area contributed by atoms with Gasteiger partial charge in [-0.05, 0) is 18.2 Å². The number of nitrogens with zero attached hydrogens (tertiary/aromatic N) is 1. The fourth-order valence-electron chi connectivity index (χ4n) is 2.81. The summed E-state index contributed by atoms with van der Waals surface area (Å²) in [5.74, 6) is 0.489. The number of nitro benzene ring substituents is 1. The Labute approximate surface area is 158 Å². The molecule has 4 rings (SSSR count). The summed E-state index contributed by atoms with van der Waals surface area (Å²) in [6.45, 7) is 0. The van der Waals surface area contributed by atoms with Gasteiger partial charge < -0.3 is 4.42 Å². The Hall–Kier alpha value is -3.38. The van der Waals surface area contributed by atoms with Crippen LogP contribution >= 0.6 is 11.8 Å².